The maximum atomic E-state index is 11.8. The number of nitrogens with one attached hydrogen (secondary N) is 1. The summed E-state index contributed by atoms with van der Waals surface area (Å²) in [6, 6.07) is 2.05. The third-order valence-corrected chi connectivity index (χ3v) is 5.23. The fraction of sp³-hybridized carbons (Fsp3) is 0.500. The van der Waals surface area contributed by atoms with E-state index in [9.17, 15) is 19.6 Å². The molecule has 12 nitrogen and oxygen atoms in total. The number of aromatic nitrogens is 1. The fourth-order valence-corrected chi connectivity index (χ4v) is 3.96. The zero-order valence-corrected chi connectivity index (χ0v) is 18.5. The molecule has 2 aliphatic heterocycles. The Balaban J connectivity index is 2.02. The summed E-state index contributed by atoms with van der Waals surface area (Å²) in [4.78, 5) is 43.6. The largest absolute Gasteiger partial charge is 0.463 e. The number of esters is 3. The van der Waals surface area contributed by atoms with E-state index in [4.69, 9.17) is 24.7 Å². The molecular weight excluding hydrogens is 478 g/mol. The molecule has 0 spiro atoms. The van der Waals surface area contributed by atoms with Gasteiger partial charge in [0.15, 0.2) is 18.4 Å². The van der Waals surface area contributed by atoms with Crippen molar-refractivity contribution in [1.82, 2.24) is 4.98 Å². The van der Waals surface area contributed by atoms with Crippen molar-refractivity contribution in [3.05, 3.63) is 15.7 Å². The van der Waals surface area contributed by atoms with E-state index in [1.807, 2.05) is 6.07 Å². The number of nitriles is 1. The second kappa shape index (κ2) is 8.94. The Hall–Kier alpha value is -3.11. The molecule has 1 aromatic heterocycles. The third kappa shape index (κ3) is 4.49. The van der Waals surface area contributed by atoms with Gasteiger partial charge in [-0.05, 0) is 15.9 Å². The van der Waals surface area contributed by atoms with Crippen LogP contribution in [0.3, 0.4) is 0 Å². The number of fused-ring (bicyclic) bond motifs is 1. The lowest BCUT2D eigenvalue weighted by Gasteiger charge is -2.34. The number of carbonyl (C=O) groups is 3. The minimum absolute atomic E-state index is 0.00611. The molecule has 0 saturated carbocycles. The topological polar surface area (TPSA) is 169 Å². The van der Waals surface area contributed by atoms with Gasteiger partial charge in [-0.1, -0.05) is 0 Å². The summed E-state index contributed by atoms with van der Waals surface area (Å²) in [7, 11) is 0. The summed E-state index contributed by atoms with van der Waals surface area (Å²) in [6.07, 6.45) is -4.02. The first kappa shape index (κ1) is 22.6. The normalized spacial score (nSPS) is 24.6. The molecule has 3 heterocycles. The van der Waals surface area contributed by atoms with Crippen molar-refractivity contribution in [2.45, 2.75) is 45.3 Å². The number of hydrogen-bond donors (Lipinski definition) is 2. The van der Waals surface area contributed by atoms with Crippen LogP contribution in [-0.2, 0) is 33.3 Å². The Kier molecular flexibility index (Phi) is 6.51. The summed E-state index contributed by atoms with van der Waals surface area (Å²) in [5.41, 5.74) is 6.60. The molecule has 3 rings (SSSR count). The molecule has 0 aromatic carbocycles. The number of nitrogens with zero attached hydrogens (tertiary/aromatic N) is 3. The standard InChI is InChI=1S/C18H20BrN5O7/c1-7(25)28-5-11-13(29-8(2)26)14(30-9(3)27)18(31-11)24-6-22-16(21)12-10(4-20)15(19)23-17(12)24/h11,13-14,18,23H,5-6H2,1-3H3,(H2,21,22)/t11-,13+,14-,18-/m0/s1. The van der Waals surface area contributed by atoms with Crippen LogP contribution < -0.4 is 10.6 Å². The van der Waals surface area contributed by atoms with Crippen molar-refractivity contribution in [3.63, 3.8) is 0 Å². The van der Waals surface area contributed by atoms with Crippen molar-refractivity contribution in [3.8, 4) is 6.07 Å². The highest BCUT2D eigenvalue weighted by molar-refractivity contribution is 9.10. The van der Waals surface area contributed by atoms with Gasteiger partial charge in [0.25, 0.3) is 0 Å². The van der Waals surface area contributed by atoms with Crippen LogP contribution in [0.15, 0.2) is 9.60 Å². The molecule has 2 aliphatic rings. The number of carbonyl (C=O) groups excluding carboxylic acids is 3. The predicted molar refractivity (Wildman–Crippen MR) is 108 cm³/mol. The van der Waals surface area contributed by atoms with E-state index in [0.29, 0.717) is 16.0 Å². The Morgan fingerprint density at radius 2 is 1.90 bits per heavy atom. The molecule has 1 fully saturated rings. The van der Waals surface area contributed by atoms with Crippen molar-refractivity contribution in [2.24, 2.45) is 10.7 Å². The van der Waals surface area contributed by atoms with Crippen LogP contribution in [-0.4, -0.2) is 66.5 Å². The van der Waals surface area contributed by atoms with Gasteiger partial charge in [0.2, 0.25) is 0 Å². The van der Waals surface area contributed by atoms with Gasteiger partial charge < -0.3 is 34.6 Å². The zero-order valence-electron chi connectivity index (χ0n) is 16.9. The second-order valence-corrected chi connectivity index (χ2v) is 7.61. The number of aromatic amines is 1. The molecule has 3 N–H and O–H groups in total. The van der Waals surface area contributed by atoms with Gasteiger partial charge in [0, 0.05) is 20.8 Å². The third-order valence-electron chi connectivity index (χ3n) is 4.63. The molecule has 0 bridgehead atoms. The molecule has 4 atom stereocenters. The van der Waals surface area contributed by atoms with Crippen LogP contribution >= 0.6 is 15.9 Å². The van der Waals surface area contributed by atoms with Gasteiger partial charge >= 0.3 is 17.9 Å². The lowest BCUT2D eigenvalue weighted by Crippen LogP contribution is -2.49. The second-order valence-electron chi connectivity index (χ2n) is 6.82. The number of halogens is 1. The van der Waals surface area contributed by atoms with Crippen LogP contribution in [0.5, 0.6) is 0 Å². The van der Waals surface area contributed by atoms with E-state index in [2.05, 4.69) is 25.9 Å². The Morgan fingerprint density at radius 1 is 1.26 bits per heavy atom. The number of aliphatic imine (C=N–C) groups is 1. The predicted octanol–water partition coefficient (Wildman–Crippen LogP) is 0.283. The van der Waals surface area contributed by atoms with Gasteiger partial charge in [0.05, 0.1) is 11.1 Å². The van der Waals surface area contributed by atoms with E-state index < -0.39 is 42.4 Å². The molecule has 0 radical (unpaired) electrons. The average molecular weight is 498 g/mol. The molecule has 0 amide bonds. The minimum atomic E-state index is -1.07. The minimum Gasteiger partial charge on any atom is -0.463 e. The first-order chi connectivity index (χ1) is 14.6. The number of ether oxygens (including phenoxy) is 4. The smallest absolute Gasteiger partial charge is 0.303 e. The first-order valence-electron chi connectivity index (χ1n) is 9.15. The molecular formula is C18H20BrN5O7. The van der Waals surface area contributed by atoms with Crippen LogP contribution in [0.2, 0.25) is 0 Å². The van der Waals surface area contributed by atoms with Crippen molar-refractivity contribution in [1.29, 1.82) is 5.26 Å². The van der Waals surface area contributed by atoms with Crippen LogP contribution in [0.4, 0.5) is 5.82 Å². The quantitative estimate of drug-likeness (QED) is 0.425. The van der Waals surface area contributed by atoms with Gasteiger partial charge in [-0.2, -0.15) is 5.26 Å². The lowest BCUT2D eigenvalue weighted by atomic mass is 10.1. The number of H-pyrrole nitrogens is 1. The molecule has 13 heteroatoms. The molecule has 166 valence electrons. The Labute approximate surface area is 185 Å². The first-order valence-corrected chi connectivity index (χ1v) is 9.95. The van der Waals surface area contributed by atoms with Gasteiger partial charge in [-0.3, -0.25) is 14.4 Å². The van der Waals surface area contributed by atoms with E-state index in [1.165, 1.54) is 20.8 Å². The highest BCUT2D eigenvalue weighted by atomic mass is 79.9. The number of anilines is 1. The SMILES string of the molecule is CC(=O)OC[C@@H]1O[C@H](N2CN=C(N)c3c2[nH]c(Br)c3C#N)[C@@H](OC(C)=O)[C@@H]1OC(C)=O. The van der Waals surface area contributed by atoms with Crippen molar-refractivity contribution >= 4 is 45.5 Å². The average Bonchev–Trinajstić information content (AvgIpc) is 3.18. The lowest BCUT2D eigenvalue weighted by molar-refractivity contribution is -0.165. The highest BCUT2D eigenvalue weighted by Crippen LogP contribution is 2.37. The fourth-order valence-electron chi connectivity index (χ4n) is 3.48. The van der Waals surface area contributed by atoms with Gasteiger partial charge in [-0.25, -0.2) is 4.99 Å². The summed E-state index contributed by atoms with van der Waals surface area (Å²) < 4.78 is 22.2. The zero-order chi connectivity index (χ0) is 22.9. The maximum absolute atomic E-state index is 11.8. The molecule has 1 saturated heterocycles. The van der Waals surface area contributed by atoms with Crippen molar-refractivity contribution in [2.75, 3.05) is 18.2 Å². The van der Waals surface area contributed by atoms with E-state index >= 15 is 0 Å². The Bertz CT molecular complexity index is 985. The summed E-state index contributed by atoms with van der Waals surface area (Å²) in [5, 5.41) is 9.47. The molecule has 0 aliphatic carbocycles. The number of amidine groups is 1. The number of hydrogen-bond acceptors (Lipinski definition) is 11. The highest BCUT2D eigenvalue weighted by Gasteiger charge is 2.53. The maximum Gasteiger partial charge on any atom is 0.303 e. The molecule has 1 aromatic rings. The summed E-state index contributed by atoms with van der Waals surface area (Å²) >= 11 is 3.29. The van der Waals surface area contributed by atoms with Gasteiger partial charge in [-0.15, -0.1) is 0 Å². The monoisotopic (exact) mass is 497 g/mol. The van der Waals surface area contributed by atoms with Crippen LogP contribution in [0.25, 0.3) is 0 Å². The van der Waals surface area contributed by atoms with Crippen LogP contribution in [0, 0.1) is 11.3 Å². The van der Waals surface area contributed by atoms with Crippen LogP contribution in [0.1, 0.15) is 31.9 Å². The summed E-state index contributed by atoms with van der Waals surface area (Å²) in [6.45, 7) is 3.41. The molecule has 0 unspecified atom stereocenters. The van der Waals surface area contributed by atoms with Gasteiger partial charge in [0.1, 0.15) is 41.7 Å². The number of nitrogens with two attached hydrogens (primary N) is 1. The number of rotatable bonds is 5. The Morgan fingerprint density at radius 3 is 2.48 bits per heavy atom. The van der Waals surface area contributed by atoms with E-state index in [-0.39, 0.29) is 24.7 Å². The summed E-state index contributed by atoms with van der Waals surface area (Å²) in [5.74, 6) is -1.25. The van der Waals surface area contributed by atoms with E-state index in [0.717, 1.165) is 0 Å². The van der Waals surface area contributed by atoms with E-state index in [1.54, 1.807) is 4.90 Å². The molecule has 31 heavy (non-hydrogen) atoms. The van der Waals surface area contributed by atoms with Crippen molar-refractivity contribution < 1.29 is 33.3 Å².